The van der Waals surface area contributed by atoms with Crippen molar-refractivity contribution in [2.75, 3.05) is 0 Å². The molecule has 0 spiro atoms. The molecule has 1 heterocycles. The third kappa shape index (κ3) is 8.05. The van der Waals surface area contributed by atoms with Crippen LogP contribution in [0.4, 0.5) is 0 Å². The summed E-state index contributed by atoms with van der Waals surface area (Å²) in [5, 5.41) is 13.5. The Bertz CT molecular complexity index is 1030. The predicted octanol–water partition coefficient (Wildman–Crippen LogP) is 7.23. The summed E-state index contributed by atoms with van der Waals surface area (Å²) in [6, 6.07) is 15.5. The van der Waals surface area contributed by atoms with Gasteiger partial charge in [0.15, 0.2) is 11.0 Å². The van der Waals surface area contributed by atoms with Crippen LogP contribution in [-0.4, -0.2) is 20.7 Å². The molecular formula is C25H30Cl2N4OS. The molecule has 0 aliphatic rings. The van der Waals surface area contributed by atoms with Gasteiger partial charge in [0.05, 0.1) is 17.3 Å². The van der Waals surface area contributed by atoms with E-state index in [4.69, 9.17) is 23.2 Å². The predicted molar refractivity (Wildman–Crippen MR) is 137 cm³/mol. The SMILES string of the molecule is CCCCCCCCC(=O)NCc1nnc(SCc2ccccc2)n1-c1ccc(Cl)cc1Cl. The van der Waals surface area contributed by atoms with Gasteiger partial charge in [0.25, 0.3) is 0 Å². The minimum absolute atomic E-state index is 0.0285. The van der Waals surface area contributed by atoms with Crippen molar-refractivity contribution in [3.63, 3.8) is 0 Å². The number of halogens is 2. The van der Waals surface area contributed by atoms with Crippen molar-refractivity contribution in [3.8, 4) is 5.69 Å². The minimum atomic E-state index is 0.0285. The largest absolute Gasteiger partial charge is 0.349 e. The molecule has 0 radical (unpaired) electrons. The van der Waals surface area contributed by atoms with Crippen molar-refractivity contribution < 1.29 is 4.79 Å². The molecular weight excluding hydrogens is 475 g/mol. The van der Waals surface area contributed by atoms with E-state index in [-0.39, 0.29) is 12.5 Å². The maximum absolute atomic E-state index is 12.4. The molecule has 0 aliphatic carbocycles. The van der Waals surface area contributed by atoms with E-state index in [0.29, 0.717) is 27.4 Å². The zero-order chi connectivity index (χ0) is 23.5. The van der Waals surface area contributed by atoms with E-state index >= 15 is 0 Å². The molecule has 8 heteroatoms. The van der Waals surface area contributed by atoms with Gasteiger partial charge in [-0.15, -0.1) is 10.2 Å². The van der Waals surface area contributed by atoms with Gasteiger partial charge in [-0.25, -0.2) is 0 Å². The second-order valence-electron chi connectivity index (χ2n) is 7.90. The highest BCUT2D eigenvalue weighted by Crippen LogP contribution is 2.30. The lowest BCUT2D eigenvalue weighted by Crippen LogP contribution is -2.24. The highest BCUT2D eigenvalue weighted by molar-refractivity contribution is 7.98. The molecule has 3 aromatic rings. The smallest absolute Gasteiger partial charge is 0.220 e. The quantitative estimate of drug-likeness (QED) is 0.197. The molecule has 2 aromatic carbocycles. The summed E-state index contributed by atoms with van der Waals surface area (Å²) in [6.45, 7) is 2.49. The van der Waals surface area contributed by atoms with Gasteiger partial charge < -0.3 is 5.32 Å². The van der Waals surface area contributed by atoms with Crippen LogP contribution in [0.5, 0.6) is 0 Å². The number of nitrogens with one attached hydrogen (secondary N) is 1. The first-order chi connectivity index (χ1) is 16.1. The zero-order valence-corrected chi connectivity index (χ0v) is 21.2. The normalized spacial score (nSPS) is 11.0. The van der Waals surface area contributed by atoms with Crippen molar-refractivity contribution in [3.05, 3.63) is 70.0 Å². The van der Waals surface area contributed by atoms with Gasteiger partial charge in [0, 0.05) is 17.2 Å². The summed E-state index contributed by atoms with van der Waals surface area (Å²) >= 11 is 14.2. The number of amides is 1. The molecule has 176 valence electrons. The van der Waals surface area contributed by atoms with Crippen molar-refractivity contribution in [1.82, 2.24) is 20.1 Å². The highest BCUT2D eigenvalue weighted by Gasteiger charge is 2.18. The maximum atomic E-state index is 12.4. The summed E-state index contributed by atoms with van der Waals surface area (Å²) in [5.41, 5.74) is 1.93. The van der Waals surface area contributed by atoms with Gasteiger partial charge in [-0.2, -0.15) is 0 Å². The zero-order valence-electron chi connectivity index (χ0n) is 18.9. The number of nitrogens with zero attached hydrogens (tertiary/aromatic N) is 3. The van der Waals surface area contributed by atoms with Gasteiger partial charge >= 0.3 is 0 Å². The number of rotatable bonds is 13. The molecule has 0 aliphatic heterocycles. The topological polar surface area (TPSA) is 59.8 Å². The summed E-state index contributed by atoms with van der Waals surface area (Å²) < 4.78 is 1.90. The third-order valence-electron chi connectivity index (χ3n) is 5.26. The van der Waals surface area contributed by atoms with Crippen LogP contribution in [0.3, 0.4) is 0 Å². The third-order valence-corrected chi connectivity index (χ3v) is 6.80. The van der Waals surface area contributed by atoms with Crippen LogP contribution < -0.4 is 5.32 Å². The lowest BCUT2D eigenvalue weighted by atomic mass is 10.1. The van der Waals surface area contributed by atoms with Crippen LogP contribution in [0.1, 0.15) is 63.3 Å². The first-order valence-corrected chi connectivity index (χ1v) is 13.2. The standard InChI is InChI=1S/C25H30Cl2N4OS/c1-2-3-4-5-6-10-13-24(32)28-17-23-29-30-25(33-18-19-11-8-7-9-12-19)31(23)22-15-14-20(26)16-21(22)27/h7-9,11-12,14-16H,2-6,10,13,17-18H2,1H3,(H,28,32). The minimum Gasteiger partial charge on any atom is -0.349 e. The molecule has 0 atom stereocenters. The number of unbranched alkanes of at least 4 members (excludes halogenated alkanes) is 5. The summed E-state index contributed by atoms with van der Waals surface area (Å²) in [4.78, 5) is 12.4. The number of hydrogen-bond acceptors (Lipinski definition) is 4. The Morgan fingerprint density at radius 2 is 1.76 bits per heavy atom. The molecule has 1 N–H and O–H groups in total. The fourth-order valence-electron chi connectivity index (χ4n) is 3.47. The Balaban J connectivity index is 1.67. The maximum Gasteiger partial charge on any atom is 0.220 e. The average molecular weight is 506 g/mol. The van der Waals surface area contributed by atoms with Crippen molar-refractivity contribution in [1.29, 1.82) is 0 Å². The lowest BCUT2D eigenvalue weighted by molar-refractivity contribution is -0.121. The summed E-state index contributed by atoms with van der Waals surface area (Å²) in [7, 11) is 0. The van der Waals surface area contributed by atoms with Crippen LogP contribution in [0, 0.1) is 0 Å². The number of carbonyl (C=O) groups excluding carboxylic acids is 1. The van der Waals surface area contributed by atoms with E-state index in [2.05, 4.69) is 34.6 Å². The average Bonchev–Trinajstić information content (AvgIpc) is 3.22. The number of thioether (sulfide) groups is 1. The highest BCUT2D eigenvalue weighted by atomic mass is 35.5. The number of benzene rings is 2. The second-order valence-corrected chi connectivity index (χ2v) is 9.68. The first-order valence-electron chi connectivity index (χ1n) is 11.4. The second kappa shape index (κ2) is 13.6. The van der Waals surface area contributed by atoms with Gasteiger partial charge in [-0.05, 0) is 30.2 Å². The molecule has 3 rings (SSSR count). The molecule has 1 aromatic heterocycles. The van der Waals surface area contributed by atoms with Crippen LogP contribution >= 0.6 is 35.0 Å². The van der Waals surface area contributed by atoms with Crippen molar-refractivity contribution >= 4 is 40.9 Å². The van der Waals surface area contributed by atoms with E-state index in [1.54, 1.807) is 23.9 Å². The van der Waals surface area contributed by atoms with Crippen molar-refractivity contribution in [2.24, 2.45) is 0 Å². The van der Waals surface area contributed by atoms with Crippen LogP contribution in [0.2, 0.25) is 10.0 Å². The van der Waals surface area contributed by atoms with Crippen LogP contribution in [0.25, 0.3) is 5.69 Å². The van der Waals surface area contributed by atoms with E-state index < -0.39 is 0 Å². The van der Waals surface area contributed by atoms with E-state index in [0.717, 1.165) is 24.3 Å². The van der Waals surface area contributed by atoms with Gasteiger partial charge in [-0.3, -0.25) is 9.36 Å². The number of carbonyl (C=O) groups is 1. The van der Waals surface area contributed by atoms with Crippen LogP contribution in [-0.2, 0) is 17.1 Å². The van der Waals surface area contributed by atoms with E-state index in [1.807, 2.05) is 28.8 Å². The Kier molecular flexibility index (Phi) is 10.6. The van der Waals surface area contributed by atoms with Gasteiger partial charge in [0.1, 0.15) is 0 Å². The molecule has 0 saturated carbocycles. The summed E-state index contributed by atoms with van der Waals surface area (Å²) in [6.07, 6.45) is 7.44. The molecule has 0 saturated heterocycles. The molecule has 33 heavy (non-hydrogen) atoms. The Morgan fingerprint density at radius 1 is 1.00 bits per heavy atom. The van der Waals surface area contributed by atoms with E-state index in [9.17, 15) is 4.79 Å². The van der Waals surface area contributed by atoms with Crippen LogP contribution in [0.15, 0.2) is 53.7 Å². The van der Waals surface area contributed by atoms with E-state index in [1.165, 1.54) is 31.2 Å². The van der Waals surface area contributed by atoms with Gasteiger partial charge in [-0.1, -0.05) is 104 Å². The Labute approximate surface area is 210 Å². The Morgan fingerprint density at radius 3 is 2.52 bits per heavy atom. The molecule has 5 nitrogen and oxygen atoms in total. The Hall–Kier alpha value is -2.02. The summed E-state index contributed by atoms with van der Waals surface area (Å²) in [5.74, 6) is 1.40. The monoisotopic (exact) mass is 504 g/mol. The first kappa shape index (κ1) is 25.6. The molecule has 0 fully saturated rings. The molecule has 0 unspecified atom stereocenters. The lowest BCUT2D eigenvalue weighted by Gasteiger charge is -2.13. The number of aromatic nitrogens is 3. The van der Waals surface area contributed by atoms with Crippen molar-refractivity contribution in [2.45, 2.75) is 69.3 Å². The molecule has 1 amide bonds. The van der Waals surface area contributed by atoms with Gasteiger partial charge in [0.2, 0.25) is 5.91 Å². The number of hydrogen-bond donors (Lipinski definition) is 1. The fourth-order valence-corrected chi connectivity index (χ4v) is 4.88. The molecule has 0 bridgehead atoms. The fraction of sp³-hybridized carbons (Fsp3) is 0.400.